The summed E-state index contributed by atoms with van der Waals surface area (Å²) in [5, 5.41) is 12.4. The normalized spacial score (nSPS) is 17.0. The van der Waals surface area contributed by atoms with Gasteiger partial charge in [-0.3, -0.25) is 0 Å². The number of nitrogens with zero attached hydrogens (tertiary/aromatic N) is 1. The number of nitrogens with one attached hydrogen (secondary N) is 1. The highest BCUT2D eigenvalue weighted by Gasteiger charge is 2.17. The van der Waals surface area contributed by atoms with Crippen molar-refractivity contribution in [1.82, 2.24) is 10.2 Å². The Morgan fingerprint density at radius 2 is 1.95 bits per heavy atom. The van der Waals surface area contributed by atoms with Gasteiger partial charge in [-0.25, -0.2) is 4.79 Å². The molecule has 1 heterocycles. The second kappa shape index (κ2) is 8.15. The second-order valence-corrected chi connectivity index (χ2v) is 5.92. The molecule has 4 nitrogen and oxygen atoms in total. The number of hydrogen-bond donors (Lipinski definition) is 2. The minimum absolute atomic E-state index is 0.349. The number of piperidine rings is 1. The molecule has 21 heavy (non-hydrogen) atoms. The monoisotopic (exact) mass is 290 g/mol. The zero-order chi connectivity index (χ0) is 15.1. The first kappa shape index (κ1) is 16.0. The van der Waals surface area contributed by atoms with Crippen LogP contribution in [-0.4, -0.2) is 42.2 Å². The van der Waals surface area contributed by atoms with Gasteiger partial charge in [0.15, 0.2) is 0 Å². The van der Waals surface area contributed by atoms with Crippen LogP contribution in [-0.2, 0) is 6.54 Å². The van der Waals surface area contributed by atoms with Gasteiger partial charge in [-0.1, -0.05) is 19.1 Å². The van der Waals surface area contributed by atoms with E-state index >= 15 is 0 Å². The van der Waals surface area contributed by atoms with Crippen molar-refractivity contribution in [2.45, 2.75) is 32.7 Å². The Hall–Kier alpha value is -1.39. The van der Waals surface area contributed by atoms with Crippen molar-refractivity contribution in [3.8, 4) is 0 Å². The molecule has 2 rings (SSSR count). The topological polar surface area (TPSA) is 52.6 Å². The predicted molar refractivity (Wildman–Crippen MR) is 84.6 cm³/mol. The van der Waals surface area contributed by atoms with Crippen molar-refractivity contribution >= 4 is 5.97 Å². The van der Waals surface area contributed by atoms with Crippen molar-refractivity contribution in [2.24, 2.45) is 5.92 Å². The summed E-state index contributed by atoms with van der Waals surface area (Å²) in [4.78, 5) is 13.3. The lowest BCUT2D eigenvalue weighted by Crippen LogP contribution is -2.37. The largest absolute Gasteiger partial charge is 0.478 e. The third-order valence-corrected chi connectivity index (χ3v) is 4.21. The number of rotatable bonds is 7. The second-order valence-electron chi connectivity index (χ2n) is 5.92. The van der Waals surface area contributed by atoms with Gasteiger partial charge < -0.3 is 15.3 Å². The Kier molecular flexibility index (Phi) is 6.21. The van der Waals surface area contributed by atoms with Crippen LogP contribution >= 0.6 is 0 Å². The minimum atomic E-state index is -0.867. The van der Waals surface area contributed by atoms with Gasteiger partial charge in [0.25, 0.3) is 0 Å². The van der Waals surface area contributed by atoms with Crippen molar-refractivity contribution in [1.29, 1.82) is 0 Å². The molecule has 1 aromatic rings. The average molecular weight is 290 g/mol. The molecule has 1 aliphatic heterocycles. The molecule has 0 saturated carbocycles. The molecule has 0 bridgehead atoms. The molecular formula is C17H26N2O2. The highest BCUT2D eigenvalue weighted by molar-refractivity contribution is 5.87. The molecular weight excluding hydrogens is 264 g/mol. The summed E-state index contributed by atoms with van der Waals surface area (Å²) in [5.74, 6) is -0.0928. The number of benzene rings is 1. The molecule has 0 atom stereocenters. The lowest BCUT2D eigenvalue weighted by Gasteiger charge is -2.31. The van der Waals surface area contributed by atoms with E-state index in [0.29, 0.717) is 5.56 Å². The number of carboxylic acids is 1. The number of carbonyl (C=O) groups is 1. The van der Waals surface area contributed by atoms with Gasteiger partial charge in [-0.15, -0.1) is 0 Å². The smallest absolute Gasteiger partial charge is 0.335 e. The van der Waals surface area contributed by atoms with Gasteiger partial charge in [-0.2, -0.15) is 0 Å². The summed E-state index contributed by atoms with van der Waals surface area (Å²) in [6.07, 6.45) is 3.81. The Bertz CT molecular complexity index is 437. The van der Waals surface area contributed by atoms with E-state index in [1.165, 1.54) is 38.9 Å². The first-order chi connectivity index (χ1) is 10.2. The van der Waals surface area contributed by atoms with E-state index in [4.69, 9.17) is 5.11 Å². The quantitative estimate of drug-likeness (QED) is 0.810. The molecule has 0 amide bonds. The fourth-order valence-corrected chi connectivity index (χ4v) is 2.92. The summed E-state index contributed by atoms with van der Waals surface area (Å²) < 4.78 is 0. The molecule has 0 spiro atoms. The molecule has 2 N–H and O–H groups in total. The van der Waals surface area contributed by atoms with E-state index in [9.17, 15) is 4.79 Å². The molecule has 4 heteroatoms. The van der Waals surface area contributed by atoms with Crippen LogP contribution in [0.15, 0.2) is 24.3 Å². The Morgan fingerprint density at radius 1 is 1.29 bits per heavy atom. The lowest BCUT2D eigenvalue weighted by atomic mass is 9.96. The molecule has 0 aliphatic carbocycles. The molecule has 1 fully saturated rings. The summed E-state index contributed by atoms with van der Waals surface area (Å²) in [5.41, 5.74) is 1.49. The Balaban J connectivity index is 1.67. The Labute approximate surface area is 127 Å². The van der Waals surface area contributed by atoms with Gasteiger partial charge in [0, 0.05) is 6.54 Å². The van der Waals surface area contributed by atoms with Crippen molar-refractivity contribution in [3.05, 3.63) is 35.4 Å². The van der Waals surface area contributed by atoms with Crippen LogP contribution in [0.4, 0.5) is 0 Å². The highest BCUT2D eigenvalue weighted by Crippen LogP contribution is 2.16. The maximum absolute atomic E-state index is 10.8. The van der Waals surface area contributed by atoms with Crippen LogP contribution in [0.2, 0.25) is 0 Å². The molecule has 1 saturated heterocycles. The number of hydrogen-bond acceptors (Lipinski definition) is 3. The van der Waals surface area contributed by atoms with Crippen LogP contribution in [0.1, 0.15) is 42.1 Å². The molecule has 1 aromatic carbocycles. The van der Waals surface area contributed by atoms with Gasteiger partial charge in [0.05, 0.1) is 5.56 Å². The van der Waals surface area contributed by atoms with Gasteiger partial charge >= 0.3 is 5.97 Å². The molecule has 1 aliphatic rings. The van der Waals surface area contributed by atoms with E-state index < -0.39 is 5.97 Å². The van der Waals surface area contributed by atoms with Crippen LogP contribution in [0.5, 0.6) is 0 Å². The summed E-state index contributed by atoms with van der Waals surface area (Å²) >= 11 is 0. The average Bonchev–Trinajstić information content (AvgIpc) is 2.50. The van der Waals surface area contributed by atoms with Crippen molar-refractivity contribution in [2.75, 3.05) is 26.2 Å². The van der Waals surface area contributed by atoms with Crippen LogP contribution in [0, 0.1) is 5.92 Å². The zero-order valence-electron chi connectivity index (χ0n) is 12.8. The number of carboxylic acid groups (broad SMARTS) is 1. The predicted octanol–water partition coefficient (Wildman–Crippen LogP) is 2.60. The number of likely N-dealkylation sites (tertiary alicyclic amines) is 1. The lowest BCUT2D eigenvalue weighted by molar-refractivity contribution is 0.0697. The third-order valence-electron chi connectivity index (χ3n) is 4.21. The van der Waals surface area contributed by atoms with Crippen molar-refractivity contribution < 1.29 is 9.90 Å². The summed E-state index contributed by atoms with van der Waals surface area (Å²) in [7, 11) is 0. The first-order valence-electron chi connectivity index (χ1n) is 7.94. The van der Waals surface area contributed by atoms with Crippen LogP contribution in [0.3, 0.4) is 0 Å². The molecule has 0 aromatic heterocycles. The van der Waals surface area contributed by atoms with E-state index in [2.05, 4.69) is 17.1 Å². The molecule has 0 radical (unpaired) electrons. The first-order valence-corrected chi connectivity index (χ1v) is 7.94. The SMILES string of the molecule is CCCN1CCC(CNCc2ccc(C(=O)O)cc2)CC1. The molecule has 0 unspecified atom stereocenters. The maximum atomic E-state index is 10.8. The standard InChI is InChI=1S/C17H26N2O2/c1-2-9-19-10-7-15(8-11-19)13-18-12-14-3-5-16(6-4-14)17(20)21/h3-6,15,18H,2,7-13H2,1H3,(H,20,21). The summed E-state index contributed by atoms with van der Waals surface area (Å²) in [6.45, 7) is 7.80. The Morgan fingerprint density at radius 3 is 2.52 bits per heavy atom. The maximum Gasteiger partial charge on any atom is 0.335 e. The van der Waals surface area contributed by atoms with E-state index in [1.807, 2.05) is 12.1 Å². The third kappa shape index (κ3) is 5.14. The van der Waals surface area contributed by atoms with E-state index in [1.54, 1.807) is 12.1 Å². The van der Waals surface area contributed by atoms with Gasteiger partial charge in [0.1, 0.15) is 0 Å². The highest BCUT2D eigenvalue weighted by atomic mass is 16.4. The fraction of sp³-hybridized carbons (Fsp3) is 0.588. The fourth-order valence-electron chi connectivity index (χ4n) is 2.92. The zero-order valence-corrected chi connectivity index (χ0v) is 12.8. The van der Waals surface area contributed by atoms with Crippen LogP contribution < -0.4 is 5.32 Å². The minimum Gasteiger partial charge on any atom is -0.478 e. The van der Waals surface area contributed by atoms with Gasteiger partial charge in [-0.05, 0) is 69.1 Å². The van der Waals surface area contributed by atoms with Gasteiger partial charge in [0.2, 0.25) is 0 Å². The van der Waals surface area contributed by atoms with E-state index in [0.717, 1.165) is 24.6 Å². The van der Waals surface area contributed by atoms with Crippen molar-refractivity contribution in [3.63, 3.8) is 0 Å². The molecule has 116 valence electrons. The van der Waals surface area contributed by atoms with Crippen LogP contribution in [0.25, 0.3) is 0 Å². The number of aromatic carboxylic acids is 1. The van der Waals surface area contributed by atoms with E-state index in [-0.39, 0.29) is 0 Å². The summed E-state index contributed by atoms with van der Waals surface area (Å²) in [6, 6.07) is 7.12.